The molecule has 1 aromatic rings. The third kappa shape index (κ3) is 2.58. The quantitative estimate of drug-likeness (QED) is 0.799. The van der Waals surface area contributed by atoms with E-state index < -0.39 is 0 Å². The molecule has 0 radical (unpaired) electrons. The molecule has 0 saturated heterocycles. The standard InChI is InChI=1S/C11H21N3/c1-9(6-12-5)10-7-13-14(8-10)11(2,3)4/h7-9,12H,6H2,1-5H3. The smallest absolute Gasteiger partial charge is 0.0543 e. The summed E-state index contributed by atoms with van der Waals surface area (Å²) in [5.74, 6) is 0.524. The van der Waals surface area contributed by atoms with E-state index in [0.717, 1.165) is 6.54 Å². The van der Waals surface area contributed by atoms with Gasteiger partial charge in [0.1, 0.15) is 0 Å². The van der Waals surface area contributed by atoms with Crippen LogP contribution in [0.5, 0.6) is 0 Å². The van der Waals surface area contributed by atoms with E-state index >= 15 is 0 Å². The highest BCUT2D eigenvalue weighted by atomic mass is 15.3. The van der Waals surface area contributed by atoms with Gasteiger partial charge in [0.05, 0.1) is 11.7 Å². The van der Waals surface area contributed by atoms with E-state index in [4.69, 9.17) is 0 Å². The van der Waals surface area contributed by atoms with Gasteiger partial charge in [-0.25, -0.2) is 0 Å². The maximum absolute atomic E-state index is 4.38. The number of nitrogens with zero attached hydrogens (tertiary/aromatic N) is 2. The third-order valence-corrected chi connectivity index (χ3v) is 2.37. The molecular formula is C11H21N3. The van der Waals surface area contributed by atoms with Crippen molar-refractivity contribution >= 4 is 0 Å². The largest absolute Gasteiger partial charge is 0.319 e. The van der Waals surface area contributed by atoms with Crippen molar-refractivity contribution in [3.05, 3.63) is 18.0 Å². The predicted octanol–water partition coefficient (Wildman–Crippen LogP) is 1.96. The highest BCUT2D eigenvalue weighted by Crippen LogP contribution is 2.18. The molecule has 14 heavy (non-hydrogen) atoms. The van der Waals surface area contributed by atoms with Gasteiger partial charge in [-0.3, -0.25) is 4.68 Å². The lowest BCUT2D eigenvalue weighted by atomic mass is 10.1. The van der Waals surface area contributed by atoms with E-state index in [0.29, 0.717) is 5.92 Å². The molecular weight excluding hydrogens is 174 g/mol. The summed E-state index contributed by atoms with van der Waals surface area (Å²) in [6.07, 6.45) is 4.11. The van der Waals surface area contributed by atoms with Crippen molar-refractivity contribution in [2.75, 3.05) is 13.6 Å². The van der Waals surface area contributed by atoms with Crippen LogP contribution in [-0.4, -0.2) is 23.4 Å². The fourth-order valence-electron chi connectivity index (χ4n) is 1.38. The number of hydrogen-bond donors (Lipinski definition) is 1. The van der Waals surface area contributed by atoms with Gasteiger partial charge in [-0.15, -0.1) is 0 Å². The van der Waals surface area contributed by atoms with Crippen LogP contribution in [0.3, 0.4) is 0 Å². The number of aromatic nitrogens is 2. The Hall–Kier alpha value is -0.830. The number of likely N-dealkylation sites (N-methyl/N-ethyl adjacent to an activating group) is 1. The summed E-state index contributed by atoms with van der Waals surface area (Å²) < 4.78 is 2.02. The molecule has 1 aromatic heterocycles. The zero-order valence-corrected chi connectivity index (χ0v) is 9.83. The molecule has 0 spiro atoms. The monoisotopic (exact) mass is 195 g/mol. The Kier molecular flexibility index (Phi) is 3.32. The zero-order valence-electron chi connectivity index (χ0n) is 9.83. The SMILES string of the molecule is CNCC(C)c1cnn(C(C)(C)C)c1. The Balaban J connectivity index is 2.78. The molecule has 0 saturated carbocycles. The molecule has 0 bridgehead atoms. The van der Waals surface area contributed by atoms with E-state index in [-0.39, 0.29) is 5.54 Å². The number of hydrogen-bond acceptors (Lipinski definition) is 2. The van der Waals surface area contributed by atoms with Crippen LogP contribution in [0.2, 0.25) is 0 Å². The Morgan fingerprint density at radius 3 is 2.57 bits per heavy atom. The number of nitrogens with one attached hydrogen (secondary N) is 1. The number of rotatable bonds is 3. The van der Waals surface area contributed by atoms with E-state index in [1.54, 1.807) is 0 Å². The highest BCUT2D eigenvalue weighted by molar-refractivity contribution is 5.11. The van der Waals surface area contributed by atoms with Gasteiger partial charge in [-0.1, -0.05) is 6.92 Å². The van der Waals surface area contributed by atoms with Crippen molar-refractivity contribution in [2.45, 2.75) is 39.2 Å². The molecule has 0 aliphatic heterocycles. The molecule has 3 heteroatoms. The summed E-state index contributed by atoms with van der Waals surface area (Å²) >= 11 is 0. The average molecular weight is 195 g/mol. The van der Waals surface area contributed by atoms with Crippen LogP contribution in [0.1, 0.15) is 39.2 Å². The molecule has 1 rings (SSSR count). The molecule has 0 aliphatic carbocycles. The van der Waals surface area contributed by atoms with Crippen LogP contribution < -0.4 is 5.32 Å². The Morgan fingerprint density at radius 1 is 1.50 bits per heavy atom. The van der Waals surface area contributed by atoms with Gasteiger partial charge in [0.25, 0.3) is 0 Å². The predicted molar refractivity (Wildman–Crippen MR) is 59.6 cm³/mol. The van der Waals surface area contributed by atoms with Gasteiger partial charge >= 0.3 is 0 Å². The summed E-state index contributed by atoms with van der Waals surface area (Å²) in [6.45, 7) is 9.68. The molecule has 0 aliphatic rings. The lowest BCUT2D eigenvalue weighted by Gasteiger charge is -2.19. The molecule has 80 valence electrons. The van der Waals surface area contributed by atoms with E-state index in [1.165, 1.54) is 5.56 Å². The summed E-state index contributed by atoms with van der Waals surface area (Å²) in [5, 5.41) is 7.56. The summed E-state index contributed by atoms with van der Waals surface area (Å²) in [6, 6.07) is 0. The van der Waals surface area contributed by atoms with Gasteiger partial charge in [-0.2, -0.15) is 5.10 Å². The molecule has 1 heterocycles. The zero-order chi connectivity index (χ0) is 10.8. The minimum atomic E-state index is 0.0810. The molecule has 0 fully saturated rings. The second-order valence-electron chi connectivity index (χ2n) is 4.85. The summed E-state index contributed by atoms with van der Waals surface area (Å²) in [7, 11) is 1.98. The molecule has 1 unspecified atom stereocenters. The van der Waals surface area contributed by atoms with Gasteiger partial charge < -0.3 is 5.32 Å². The minimum absolute atomic E-state index is 0.0810. The maximum Gasteiger partial charge on any atom is 0.0543 e. The Labute approximate surface area is 86.5 Å². The minimum Gasteiger partial charge on any atom is -0.319 e. The first-order valence-electron chi connectivity index (χ1n) is 5.15. The van der Waals surface area contributed by atoms with Crippen molar-refractivity contribution < 1.29 is 0 Å². The van der Waals surface area contributed by atoms with Crippen molar-refractivity contribution in [3.63, 3.8) is 0 Å². The van der Waals surface area contributed by atoms with Gasteiger partial charge in [0.15, 0.2) is 0 Å². The van der Waals surface area contributed by atoms with Crippen molar-refractivity contribution in [1.29, 1.82) is 0 Å². The summed E-state index contributed by atoms with van der Waals surface area (Å²) in [4.78, 5) is 0. The lowest BCUT2D eigenvalue weighted by Crippen LogP contribution is -2.22. The molecule has 3 nitrogen and oxygen atoms in total. The first kappa shape index (κ1) is 11.2. The molecule has 0 amide bonds. The van der Waals surface area contributed by atoms with Crippen LogP contribution in [-0.2, 0) is 5.54 Å². The lowest BCUT2D eigenvalue weighted by molar-refractivity contribution is 0.355. The van der Waals surface area contributed by atoms with Crippen LogP contribution in [0.15, 0.2) is 12.4 Å². The van der Waals surface area contributed by atoms with Crippen molar-refractivity contribution in [3.8, 4) is 0 Å². The van der Waals surface area contributed by atoms with E-state index in [1.807, 2.05) is 17.9 Å². The fourth-order valence-corrected chi connectivity index (χ4v) is 1.38. The Morgan fingerprint density at radius 2 is 2.14 bits per heavy atom. The van der Waals surface area contributed by atoms with Gasteiger partial charge in [0, 0.05) is 12.7 Å². The van der Waals surface area contributed by atoms with Crippen molar-refractivity contribution in [1.82, 2.24) is 15.1 Å². The molecule has 0 aromatic carbocycles. The van der Waals surface area contributed by atoms with Crippen LogP contribution in [0.25, 0.3) is 0 Å². The Bertz CT molecular complexity index is 283. The third-order valence-electron chi connectivity index (χ3n) is 2.37. The normalized spacial score (nSPS) is 14.4. The van der Waals surface area contributed by atoms with Gasteiger partial charge in [0.2, 0.25) is 0 Å². The first-order chi connectivity index (χ1) is 6.45. The van der Waals surface area contributed by atoms with Gasteiger partial charge in [-0.05, 0) is 39.3 Å². The van der Waals surface area contributed by atoms with Crippen LogP contribution in [0.4, 0.5) is 0 Å². The second-order valence-corrected chi connectivity index (χ2v) is 4.85. The van der Waals surface area contributed by atoms with E-state index in [2.05, 4.69) is 44.3 Å². The molecule has 1 atom stereocenters. The topological polar surface area (TPSA) is 29.9 Å². The molecule has 1 N–H and O–H groups in total. The fraction of sp³-hybridized carbons (Fsp3) is 0.727. The maximum atomic E-state index is 4.38. The van der Waals surface area contributed by atoms with E-state index in [9.17, 15) is 0 Å². The van der Waals surface area contributed by atoms with Crippen molar-refractivity contribution in [2.24, 2.45) is 0 Å². The second kappa shape index (κ2) is 4.13. The highest BCUT2D eigenvalue weighted by Gasteiger charge is 2.15. The van der Waals surface area contributed by atoms with Crippen LogP contribution in [0, 0.1) is 0 Å². The average Bonchev–Trinajstić information content (AvgIpc) is 2.51. The summed E-state index contributed by atoms with van der Waals surface area (Å²) in [5.41, 5.74) is 1.38. The van der Waals surface area contributed by atoms with Crippen LogP contribution >= 0.6 is 0 Å². The first-order valence-corrected chi connectivity index (χ1v) is 5.15.